The van der Waals surface area contributed by atoms with E-state index in [0.717, 1.165) is 38.3 Å². The van der Waals surface area contributed by atoms with Gasteiger partial charge in [0, 0.05) is 13.0 Å². The first kappa shape index (κ1) is 15.1. The molecule has 1 heterocycles. The molecule has 0 aliphatic heterocycles. The number of hydrogen-bond acceptors (Lipinski definition) is 5. The summed E-state index contributed by atoms with van der Waals surface area (Å²) < 4.78 is 5.24. The SMILES string of the molecule is CCC(c1nc(CCN(CC)CC)no1)C(C)O. The summed E-state index contributed by atoms with van der Waals surface area (Å²) in [5, 5.41) is 13.6. The molecule has 0 bridgehead atoms. The van der Waals surface area contributed by atoms with Crippen LogP contribution in [-0.2, 0) is 6.42 Å². The normalized spacial score (nSPS) is 15.0. The zero-order chi connectivity index (χ0) is 13.5. The molecule has 5 nitrogen and oxygen atoms in total. The Hall–Kier alpha value is -0.940. The summed E-state index contributed by atoms with van der Waals surface area (Å²) in [7, 11) is 0. The van der Waals surface area contributed by atoms with Gasteiger partial charge in [0.15, 0.2) is 5.82 Å². The molecule has 1 N–H and O–H groups in total. The third-order valence-corrected chi connectivity index (χ3v) is 3.37. The van der Waals surface area contributed by atoms with Crippen molar-refractivity contribution in [3.8, 4) is 0 Å². The molecule has 0 spiro atoms. The molecule has 5 heteroatoms. The van der Waals surface area contributed by atoms with Crippen LogP contribution in [0.15, 0.2) is 4.52 Å². The molecule has 0 fully saturated rings. The minimum Gasteiger partial charge on any atom is -0.393 e. The van der Waals surface area contributed by atoms with Crippen molar-refractivity contribution in [3.63, 3.8) is 0 Å². The third-order valence-electron chi connectivity index (χ3n) is 3.37. The van der Waals surface area contributed by atoms with Gasteiger partial charge in [-0.2, -0.15) is 4.98 Å². The quantitative estimate of drug-likeness (QED) is 0.768. The molecule has 0 saturated carbocycles. The number of hydrogen-bond donors (Lipinski definition) is 1. The van der Waals surface area contributed by atoms with Gasteiger partial charge in [-0.3, -0.25) is 0 Å². The number of aliphatic hydroxyl groups excluding tert-OH is 1. The zero-order valence-electron chi connectivity index (χ0n) is 11.9. The topological polar surface area (TPSA) is 62.4 Å². The van der Waals surface area contributed by atoms with E-state index in [1.807, 2.05) is 6.92 Å². The van der Waals surface area contributed by atoms with Crippen LogP contribution >= 0.6 is 0 Å². The van der Waals surface area contributed by atoms with Gasteiger partial charge in [0.1, 0.15) is 0 Å². The van der Waals surface area contributed by atoms with E-state index in [9.17, 15) is 5.11 Å². The standard InChI is InChI=1S/C13H25N3O2/c1-5-11(10(4)17)13-14-12(15-18-13)8-9-16(6-2)7-3/h10-11,17H,5-9H2,1-4H3. The minimum absolute atomic E-state index is 0.0558. The molecule has 0 saturated heterocycles. The molecule has 0 radical (unpaired) electrons. The van der Waals surface area contributed by atoms with Crippen LogP contribution in [0.2, 0.25) is 0 Å². The Balaban J connectivity index is 2.57. The van der Waals surface area contributed by atoms with Crippen LogP contribution in [-0.4, -0.2) is 45.9 Å². The Bertz CT molecular complexity index is 335. The monoisotopic (exact) mass is 255 g/mol. The highest BCUT2D eigenvalue weighted by molar-refractivity contribution is 4.96. The van der Waals surface area contributed by atoms with Crippen LogP contribution in [0.1, 0.15) is 51.7 Å². The highest BCUT2D eigenvalue weighted by Gasteiger charge is 2.21. The van der Waals surface area contributed by atoms with Crippen molar-refractivity contribution in [3.05, 3.63) is 11.7 Å². The van der Waals surface area contributed by atoms with E-state index in [1.54, 1.807) is 6.92 Å². The van der Waals surface area contributed by atoms with Gasteiger partial charge in [0.2, 0.25) is 5.89 Å². The van der Waals surface area contributed by atoms with Crippen molar-refractivity contribution in [1.82, 2.24) is 15.0 Å². The maximum atomic E-state index is 9.63. The van der Waals surface area contributed by atoms with Gasteiger partial charge in [0.25, 0.3) is 0 Å². The van der Waals surface area contributed by atoms with E-state index >= 15 is 0 Å². The first-order valence-corrected chi connectivity index (χ1v) is 6.85. The minimum atomic E-state index is -0.453. The first-order chi connectivity index (χ1) is 8.62. The summed E-state index contributed by atoms with van der Waals surface area (Å²) in [5.41, 5.74) is 0. The number of aromatic nitrogens is 2. The van der Waals surface area contributed by atoms with Gasteiger partial charge < -0.3 is 14.5 Å². The lowest BCUT2D eigenvalue weighted by Gasteiger charge is -2.16. The van der Waals surface area contributed by atoms with Crippen LogP contribution in [0.3, 0.4) is 0 Å². The van der Waals surface area contributed by atoms with Crippen LogP contribution < -0.4 is 0 Å². The zero-order valence-corrected chi connectivity index (χ0v) is 11.9. The van der Waals surface area contributed by atoms with Gasteiger partial charge in [-0.1, -0.05) is 25.9 Å². The average Bonchev–Trinajstić information content (AvgIpc) is 2.79. The molecule has 0 aromatic carbocycles. The van der Waals surface area contributed by atoms with E-state index in [-0.39, 0.29) is 5.92 Å². The predicted octanol–water partition coefficient (Wildman–Crippen LogP) is 1.83. The molecular weight excluding hydrogens is 230 g/mol. The third kappa shape index (κ3) is 4.07. The van der Waals surface area contributed by atoms with E-state index in [2.05, 4.69) is 28.9 Å². The molecule has 2 unspecified atom stereocenters. The largest absolute Gasteiger partial charge is 0.393 e. The summed E-state index contributed by atoms with van der Waals surface area (Å²) in [6.07, 6.45) is 1.14. The highest BCUT2D eigenvalue weighted by atomic mass is 16.5. The molecule has 104 valence electrons. The van der Waals surface area contributed by atoms with Crippen molar-refractivity contribution in [2.75, 3.05) is 19.6 Å². The van der Waals surface area contributed by atoms with Crippen LogP contribution in [0, 0.1) is 0 Å². The van der Waals surface area contributed by atoms with Crippen molar-refractivity contribution in [2.45, 2.75) is 52.6 Å². The first-order valence-electron chi connectivity index (χ1n) is 6.85. The Morgan fingerprint density at radius 3 is 2.44 bits per heavy atom. The second kappa shape index (κ2) is 7.48. The van der Waals surface area contributed by atoms with Crippen molar-refractivity contribution < 1.29 is 9.63 Å². The maximum absolute atomic E-state index is 9.63. The number of likely N-dealkylation sites (N-methyl/N-ethyl adjacent to an activating group) is 1. The van der Waals surface area contributed by atoms with Gasteiger partial charge in [-0.15, -0.1) is 0 Å². The van der Waals surface area contributed by atoms with E-state index in [0.29, 0.717) is 5.89 Å². The second-order valence-electron chi connectivity index (χ2n) is 4.58. The lowest BCUT2D eigenvalue weighted by atomic mass is 10.0. The number of rotatable bonds is 8. The van der Waals surface area contributed by atoms with Gasteiger partial charge >= 0.3 is 0 Å². The predicted molar refractivity (Wildman–Crippen MR) is 70.5 cm³/mol. The summed E-state index contributed by atoms with van der Waals surface area (Å²) >= 11 is 0. The van der Waals surface area contributed by atoms with Crippen LogP contribution in [0.5, 0.6) is 0 Å². The molecule has 0 aliphatic carbocycles. The molecule has 1 aromatic heterocycles. The summed E-state index contributed by atoms with van der Waals surface area (Å²) in [5.74, 6) is 1.23. The van der Waals surface area contributed by atoms with Crippen molar-refractivity contribution >= 4 is 0 Å². The smallest absolute Gasteiger partial charge is 0.232 e. The lowest BCUT2D eigenvalue weighted by molar-refractivity contribution is 0.141. The summed E-state index contributed by atoms with van der Waals surface area (Å²) in [6, 6.07) is 0. The van der Waals surface area contributed by atoms with Gasteiger partial charge in [0.05, 0.1) is 12.0 Å². The molecule has 18 heavy (non-hydrogen) atoms. The maximum Gasteiger partial charge on any atom is 0.232 e. The Morgan fingerprint density at radius 1 is 1.28 bits per heavy atom. The molecule has 0 aliphatic rings. The summed E-state index contributed by atoms with van der Waals surface area (Å²) in [6.45, 7) is 11.1. The molecule has 1 rings (SSSR count). The fourth-order valence-electron chi connectivity index (χ4n) is 2.04. The Labute approximate surface area is 109 Å². The summed E-state index contributed by atoms with van der Waals surface area (Å²) in [4.78, 5) is 6.70. The fourth-order valence-corrected chi connectivity index (χ4v) is 2.04. The van der Waals surface area contributed by atoms with E-state index in [4.69, 9.17) is 4.52 Å². The highest BCUT2D eigenvalue weighted by Crippen LogP contribution is 2.21. The Morgan fingerprint density at radius 2 is 1.94 bits per heavy atom. The molecule has 1 aromatic rings. The average molecular weight is 255 g/mol. The Kier molecular flexibility index (Phi) is 6.29. The molecule has 2 atom stereocenters. The fraction of sp³-hybridized carbons (Fsp3) is 0.846. The van der Waals surface area contributed by atoms with Crippen LogP contribution in [0.25, 0.3) is 0 Å². The number of nitrogens with zero attached hydrogens (tertiary/aromatic N) is 3. The van der Waals surface area contributed by atoms with Crippen molar-refractivity contribution in [1.29, 1.82) is 0 Å². The van der Waals surface area contributed by atoms with Gasteiger partial charge in [-0.25, -0.2) is 0 Å². The molecular formula is C13H25N3O2. The lowest BCUT2D eigenvalue weighted by Crippen LogP contribution is -2.25. The number of aliphatic hydroxyl groups is 1. The van der Waals surface area contributed by atoms with E-state index in [1.165, 1.54) is 0 Å². The molecule has 0 amide bonds. The van der Waals surface area contributed by atoms with Gasteiger partial charge in [-0.05, 0) is 26.4 Å². The van der Waals surface area contributed by atoms with Crippen molar-refractivity contribution in [2.24, 2.45) is 0 Å². The van der Waals surface area contributed by atoms with E-state index < -0.39 is 6.10 Å². The second-order valence-corrected chi connectivity index (χ2v) is 4.58. The van der Waals surface area contributed by atoms with Crippen LogP contribution in [0.4, 0.5) is 0 Å².